The number of rotatable bonds is 10. The van der Waals surface area contributed by atoms with Crippen LogP contribution in [0.25, 0.3) is 0 Å². The summed E-state index contributed by atoms with van der Waals surface area (Å²) >= 11 is 0. The van der Waals surface area contributed by atoms with Crippen molar-refractivity contribution >= 4 is 29.2 Å². The fourth-order valence-corrected chi connectivity index (χ4v) is 7.65. The number of piperidine rings is 1. The second kappa shape index (κ2) is 14.1. The van der Waals surface area contributed by atoms with E-state index in [9.17, 15) is 14.4 Å². The molecule has 4 heterocycles. The monoisotopic (exact) mass is 665 g/mol. The van der Waals surface area contributed by atoms with E-state index in [0.29, 0.717) is 22.4 Å². The maximum Gasteiger partial charge on any atom is 0.253 e. The third kappa shape index (κ3) is 7.22. The van der Waals surface area contributed by atoms with Gasteiger partial charge < -0.3 is 35.8 Å². The van der Waals surface area contributed by atoms with Crippen molar-refractivity contribution in [2.45, 2.75) is 82.1 Å². The van der Waals surface area contributed by atoms with E-state index in [1.165, 1.54) is 5.69 Å². The lowest BCUT2D eigenvalue weighted by molar-refractivity contribution is 0.0916. The average molecular weight is 666 g/mol. The van der Waals surface area contributed by atoms with E-state index in [1.54, 1.807) is 24.4 Å². The number of anilines is 2. The summed E-state index contributed by atoms with van der Waals surface area (Å²) in [5.41, 5.74) is 9.13. The lowest BCUT2D eigenvalue weighted by Gasteiger charge is -2.40. The first-order valence-electron chi connectivity index (χ1n) is 17.7. The van der Waals surface area contributed by atoms with Crippen molar-refractivity contribution in [2.24, 2.45) is 5.73 Å². The Morgan fingerprint density at radius 3 is 2.18 bits per heavy atom. The van der Waals surface area contributed by atoms with Crippen molar-refractivity contribution in [3.05, 3.63) is 83.0 Å². The fourth-order valence-electron chi connectivity index (χ4n) is 7.65. The highest BCUT2D eigenvalue weighted by atomic mass is 16.5. The molecule has 3 aromatic rings. The Morgan fingerprint density at radius 2 is 1.57 bits per heavy atom. The van der Waals surface area contributed by atoms with E-state index < -0.39 is 5.91 Å². The van der Waals surface area contributed by atoms with Crippen molar-refractivity contribution in [1.29, 1.82) is 0 Å². The summed E-state index contributed by atoms with van der Waals surface area (Å²) in [6.07, 6.45) is 8.37. The van der Waals surface area contributed by atoms with Gasteiger partial charge in [-0.05, 0) is 107 Å². The molecule has 0 spiro atoms. The highest BCUT2D eigenvalue weighted by molar-refractivity contribution is 5.99. The van der Waals surface area contributed by atoms with Gasteiger partial charge in [0.1, 0.15) is 11.6 Å². The molecule has 0 radical (unpaired) electrons. The highest BCUT2D eigenvalue weighted by Gasteiger charge is 2.42. The van der Waals surface area contributed by atoms with Crippen LogP contribution < -0.4 is 30.9 Å². The van der Waals surface area contributed by atoms with E-state index in [-0.39, 0.29) is 42.1 Å². The van der Waals surface area contributed by atoms with E-state index in [2.05, 4.69) is 56.6 Å². The zero-order valence-corrected chi connectivity index (χ0v) is 28.4. The molecule has 4 aliphatic rings. The molecule has 4 fully saturated rings. The number of fused-ring (bicyclic) bond motifs is 2. The number of carbonyl (C=O) groups is 3. The molecule has 11 heteroatoms. The average Bonchev–Trinajstić information content (AvgIpc) is 3.36. The third-order valence-corrected chi connectivity index (χ3v) is 10.8. The number of carbonyl (C=O) groups excluding carboxylic acids is 3. The quantitative estimate of drug-likeness (QED) is 0.292. The Bertz CT molecular complexity index is 1650. The number of primary amides is 1. The molecule has 1 aliphatic carbocycles. The number of ether oxygens (including phenoxy) is 1. The molecule has 4 N–H and O–H groups in total. The van der Waals surface area contributed by atoms with Crippen LogP contribution in [-0.2, 0) is 0 Å². The van der Waals surface area contributed by atoms with Crippen LogP contribution >= 0.6 is 0 Å². The fraction of sp³-hybridized carbons (Fsp3) is 0.474. The van der Waals surface area contributed by atoms with Gasteiger partial charge >= 0.3 is 0 Å². The number of nitrogens with zero attached hydrogens (tertiary/aromatic N) is 4. The molecule has 2 bridgehead atoms. The number of nitrogens with two attached hydrogens (primary N) is 1. The smallest absolute Gasteiger partial charge is 0.253 e. The molecular formula is C38H47N7O4. The Hall–Kier alpha value is -4.64. The van der Waals surface area contributed by atoms with Crippen LogP contribution in [0.3, 0.4) is 0 Å². The van der Waals surface area contributed by atoms with Gasteiger partial charge in [0.2, 0.25) is 0 Å². The van der Waals surface area contributed by atoms with Crippen LogP contribution in [0.2, 0.25) is 0 Å². The molecule has 258 valence electrons. The molecular weight excluding hydrogens is 618 g/mol. The Balaban J connectivity index is 0.932. The number of amides is 3. The van der Waals surface area contributed by atoms with E-state index in [1.807, 2.05) is 19.1 Å². The zero-order valence-electron chi connectivity index (χ0n) is 28.4. The number of likely N-dealkylation sites (N-methyl/N-ethyl adjacent to an activating group) is 1. The number of hydrogen-bond acceptors (Lipinski definition) is 8. The van der Waals surface area contributed by atoms with Gasteiger partial charge in [-0.2, -0.15) is 0 Å². The first-order chi connectivity index (χ1) is 23.7. The van der Waals surface area contributed by atoms with Crippen molar-refractivity contribution in [1.82, 2.24) is 20.5 Å². The maximum absolute atomic E-state index is 13.3. The molecule has 7 rings (SSSR count). The van der Waals surface area contributed by atoms with Gasteiger partial charge in [0.05, 0.1) is 23.3 Å². The number of piperazine rings is 1. The SMILES string of the molecule is C[C@H](NC(=O)c1ccc(N2C3CCC2CC(NC(=O)c2ccc(C(N)=O)c(OC4CCC4)c2)C3)nc1)c1ccc(N2CCN(C)CC2)cc1. The molecule has 3 saturated heterocycles. The van der Waals surface area contributed by atoms with Crippen LogP contribution in [0.4, 0.5) is 11.5 Å². The standard InChI is InChI=1S/C38H47N7O4/c1-24(25-6-10-29(11-7-25)44-18-16-43(2)17-19-44)41-38(48)27-9-15-35(40-23-27)45-30-12-13-31(45)22-28(21-30)42-37(47)26-8-14-33(36(39)46)34(20-26)49-32-4-3-5-32/h6-11,14-15,20,23-24,28,30-32H,3-5,12-13,16-19,21-22H2,1-2H3,(H2,39,46)(H,41,48)(H,42,47)/t24-,28?,30?,31?/m0/s1. The largest absolute Gasteiger partial charge is 0.490 e. The normalized spacial score (nSPS) is 23.0. The first kappa shape index (κ1) is 32.9. The molecule has 1 saturated carbocycles. The topological polar surface area (TPSA) is 133 Å². The summed E-state index contributed by atoms with van der Waals surface area (Å²) in [5.74, 6) is 0.351. The van der Waals surface area contributed by atoms with Gasteiger partial charge in [-0.3, -0.25) is 14.4 Å². The van der Waals surface area contributed by atoms with Crippen molar-refractivity contribution in [2.75, 3.05) is 43.0 Å². The van der Waals surface area contributed by atoms with Crippen LogP contribution in [0, 0.1) is 0 Å². The van der Waals surface area contributed by atoms with Crippen molar-refractivity contribution in [3.63, 3.8) is 0 Å². The summed E-state index contributed by atoms with van der Waals surface area (Å²) < 4.78 is 6.00. The summed E-state index contributed by atoms with van der Waals surface area (Å²) in [7, 11) is 2.16. The Kier molecular flexibility index (Phi) is 9.44. The van der Waals surface area contributed by atoms with E-state index in [4.69, 9.17) is 15.5 Å². The summed E-state index contributed by atoms with van der Waals surface area (Å²) in [4.78, 5) is 50.3. The Morgan fingerprint density at radius 1 is 0.878 bits per heavy atom. The van der Waals surface area contributed by atoms with Crippen LogP contribution in [0.1, 0.15) is 94.5 Å². The van der Waals surface area contributed by atoms with Gasteiger partial charge in [-0.25, -0.2) is 4.98 Å². The zero-order chi connectivity index (χ0) is 34.1. The molecule has 3 aliphatic heterocycles. The molecule has 1 aromatic heterocycles. The van der Waals surface area contributed by atoms with Gasteiger partial charge in [-0.1, -0.05) is 12.1 Å². The van der Waals surface area contributed by atoms with Crippen LogP contribution in [0.15, 0.2) is 60.8 Å². The second-order valence-electron chi connectivity index (χ2n) is 14.2. The van der Waals surface area contributed by atoms with Gasteiger partial charge in [0, 0.05) is 61.8 Å². The number of nitrogens with one attached hydrogen (secondary N) is 2. The summed E-state index contributed by atoms with van der Waals surface area (Å²) in [6.45, 7) is 6.17. The lowest BCUT2D eigenvalue weighted by atomic mass is 9.95. The highest BCUT2D eigenvalue weighted by Crippen LogP contribution is 2.39. The van der Waals surface area contributed by atoms with Gasteiger partial charge in [0.15, 0.2) is 0 Å². The van der Waals surface area contributed by atoms with E-state index >= 15 is 0 Å². The second-order valence-corrected chi connectivity index (χ2v) is 14.2. The molecule has 2 aromatic carbocycles. The molecule has 3 amide bonds. The molecule has 49 heavy (non-hydrogen) atoms. The maximum atomic E-state index is 13.3. The van der Waals surface area contributed by atoms with Gasteiger partial charge in [0.25, 0.3) is 17.7 Å². The van der Waals surface area contributed by atoms with E-state index in [0.717, 1.165) is 82.5 Å². The number of hydrogen-bond donors (Lipinski definition) is 3. The predicted molar refractivity (Wildman–Crippen MR) is 189 cm³/mol. The number of pyridine rings is 1. The number of benzene rings is 2. The lowest BCUT2D eigenvalue weighted by Crippen LogP contribution is -2.50. The predicted octanol–water partition coefficient (Wildman–Crippen LogP) is 4.28. The van der Waals surface area contributed by atoms with Crippen LogP contribution in [0.5, 0.6) is 5.75 Å². The van der Waals surface area contributed by atoms with Crippen LogP contribution in [-0.4, -0.2) is 85.1 Å². The third-order valence-electron chi connectivity index (χ3n) is 10.8. The molecule has 2 unspecified atom stereocenters. The molecule has 11 nitrogen and oxygen atoms in total. The van der Waals surface area contributed by atoms with Crippen molar-refractivity contribution < 1.29 is 19.1 Å². The minimum Gasteiger partial charge on any atom is -0.490 e. The minimum atomic E-state index is -0.565. The molecule has 3 atom stereocenters. The van der Waals surface area contributed by atoms with Gasteiger partial charge in [-0.15, -0.1) is 0 Å². The summed E-state index contributed by atoms with van der Waals surface area (Å²) in [5, 5.41) is 6.35. The minimum absolute atomic E-state index is 0.0234. The first-order valence-corrected chi connectivity index (χ1v) is 17.7. The Labute approximate surface area is 288 Å². The van der Waals surface area contributed by atoms with Crippen molar-refractivity contribution in [3.8, 4) is 5.75 Å². The number of aromatic nitrogens is 1. The summed E-state index contributed by atoms with van der Waals surface area (Å²) in [6, 6.07) is 17.5.